The summed E-state index contributed by atoms with van der Waals surface area (Å²) in [5, 5.41) is 1.60. The van der Waals surface area contributed by atoms with Crippen molar-refractivity contribution in [2.45, 2.75) is 13.8 Å². The maximum atomic E-state index is 12.8. The highest BCUT2D eigenvalue weighted by Crippen LogP contribution is 2.27. The van der Waals surface area contributed by atoms with Crippen LogP contribution < -0.4 is 0 Å². The van der Waals surface area contributed by atoms with Gasteiger partial charge >= 0.3 is 0 Å². The number of ketones is 1. The number of H-pyrrole nitrogens is 1. The van der Waals surface area contributed by atoms with Crippen LogP contribution in [0.1, 0.15) is 27.0 Å². The van der Waals surface area contributed by atoms with Gasteiger partial charge in [-0.25, -0.2) is 0 Å². The third-order valence-electron chi connectivity index (χ3n) is 3.67. The quantitative estimate of drug-likeness (QED) is 0.681. The Morgan fingerprint density at radius 3 is 2.60 bits per heavy atom. The van der Waals surface area contributed by atoms with E-state index in [9.17, 15) is 4.79 Å². The molecule has 2 nitrogen and oxygen atoms in total. The lowest BCUT2D eigenvalue weighted by atomic mass is 9.97. The van der Waals surface area contributed by atoms with Crippen LogP contribution in [0.5, 0.6) is 0 Å². The normalized spacial score (nSPS) is 10.9. The summed E-state index contributed by atoms with van der Waals surface area (Å²) in [5.41, 5.74) is 4.24. The molecule has 1 aromatic heterocycles. The lowest BCUT2D eigenvalue weighted by Gasteiger charge is -2.06. The smallest absolute Gasteiger partial charge is 0.195 e. The van der Waals surface area contributed by atoms with Crippen LogP contribution in [0.4, 0.5) is 0 Å². The number of hydrogen-bond acceptors (Lipinski definition) is 1. The minimum Gasteiger partial charge on any atom is -0.360 e. The molecule has 0 bridgehead atoms. The van der Waals surface area contributed by atoms with Gasteiger partial charge in [0.2, 0.25) is 0 Å². The lowest BCUT2D eigenvalue weighted by Crippen LogP contribution is -2.03. The van der Waals surface area contributed by atoms with Gasteiger partial charge in [0.1, 0.15) is 0 Å². The fraction of sp³-hybridized carbons (Fsp3) is 0.118. The van der Waals surface area contributed by atoms with Gasteiger partial charge in [-0.1, -0.05) is 35.9 Å². The molecule has 0 radical (unpaired) electrons. The van der Waals surface area contributed by atoms with Gasteiger partial charge in [-0.3, -0.25) is 4.79 Å². The number of halogens is 1. The predicted molar refractivity (Wildman–Crippen MR) is 82.7 cm³/mol. The third-order valence-corrected chi connectivity index (χ3v) is 4.08. The molecular formula is C17H14ClNO. The molecule has 0 amide bonds. The first kappa shape index (κ1) is 12.9. The molecular weight excluding hydrogens is 270 g/mol. The maximum Gasteiger partial charge on any atom is 0.195 e. The molecule has 1 N–H and O–H groups in total. The molecule has 0 unspecified atom stereocenters. The Morgan fingerprint density at radius 2 is 1.80 bits per heavy atom. The molecule has 0 spiro atoms. The van der Waals surface area contributed by atoms with E-state index in [4.69, 9.17) is 11.6 Å². The van der Waals surface area contributed by atoms with Crippen LogP contribution in [0.25, 0.3) is 10.9 Å². The molecule has 0 fully saturated rings. The Labute approximate surface area is 122 Å². The van der Waals surface area contributed by atoms with Crippen LogP contribution in [0, 0.1) is 13.8 Å². The first-order chi connectivity index (χ1) is 9.59. The fourth-order valence-electron chi connectivity index (χ4n) is 2.55. The van der Waals surface area contributed by atoms with E-state index in [0.29, 0.717) is 16.1 Å². The van der Waals surface area contributed by atoms with E-state index in [0.717, 1.165) is 22.0 Å². The molecule has 2 aromatic carbocycles. The number of nitrogens with one attached hydrogen (secondary N) is 1. The summed E-state index contributed by atoms with van der Waals surface area (Å²) < 4.78 is 0. The molecule has 3 aromatic rings. The molecule has 0 aliphatic carbocycles. The number of aryl methyl sites for hydroxylation is 1. The maximum absolute atomic E-state index is 12.8. The van der Waals surface area contributed by atoms with E-state index in [-0.39, 0.29) is 5.78 Å². The summed E-state index contributed by atoms with van der Waals surface area (Å²) in [6.45, 7) is 3.88. The van der Waals surface area contributed by atoms with Crippen molar-refractivity contribution >= 4 is 28.3 Å². The topological polar surface area (TPSA) is 32.9 Å². The van der Waals surface area contributed by atoms with Gasteiger partial charge in [0, 0.05) is 33.2 Å². The Morgan fingerprint density at radius 1 is 1.05 bits per heavy atom. The van der Waals surface area contributed by atoms with Crippen molar-refractivity contribution in [3.05, 3.63) is 69.9 Å². The van der Waals surface area contributed by atoms with Gasteiger partial charge < -0.3 is 4.98 Å². The summed E-state index contributed by atoms with van der Waals surface area (Å²) >= 11 is 6.11. The van der Waals surface area contributed by atoms with E-state index in [2.05, 4.69) is 4.98 Å². The Kier molecular flexibility index (Phi) is 3.11. The van der Waals surface area contributed by atoms with Crippen molar-refractivity contribution in [2.75, 3.05) is 0 Å². The summed E-state index contributed by atoms with van der Waals surface area (Å²) in [6, 6.07) is 11.4. The van der Waals surface area contributed by atoms with Crippen molar-refractivity contribution in [1.29, 1.82) is 0 Å². The molecule has 3 heteroatoms. The molecule has 3 rings (SSSR count). The largest absolute Gasteiger partial charge is 0.360 e. The second-order valence-electron chi connectivity index (χ2n) is 4.94. The zero-order chi connectivity index (χ0) is 14.3. The highest BCUT2D eigenvalue weighted by atomic mass is 35.5. The Hall–Kier alpha value is -2.06. The number of fused-ring (bicyclic) bond motifs is 1. The zero-order valence-corrected chi connectivity index (χ0v) is 12.1. The summed E-state index contributed by atoms with van der Waals surface area (Å²) in [7, 11) is 0. The average molecular weight is 284 g/mol. The van der Waals surface area contributed by atoms with Gasteiger partial charge in [0.05, 0.1) is 0 Å². The van der Waals surface area contributed by atoms with E-state index in [1.807, 2.05) is 44.2 Å². The summed E-state index contributed by atoms with van der Waals surface area (Å²) in [5.74, 6) is 0.00514. The fourth-order valence-corrected chi connectivity index (χ4v) is 2.72. The van der Waals surface area contributed by atoms with Gasteiger partial charge in [-0.2, -0.15) is 0 Å². The van der Waals surface area contributed by atoms with Crippen LogP contribution in [-0.2, 0) is 0 Å². The van der Waals surface area contributed by atoms with Gasteiger partial charge in [-0.05, 0) is 37.1 Å². The number of aromatic amines is 1. The highest BCUT2D eigenvalue weighted by molar-refractivity contribution is 6.32. The van der Waals surface area contributed by atoms with Crippen molar-refractivity contribution in [3.8, 4) is 0 Å². The summed E-state index contributed by atoms with van der Waals surface area (Å²) in [6.07, 6.45) is 1.78. The average Bonchev–Trinajstić information content (AvgIpc) is 2.86. The van der Waals surface area contributed by atoms with Crippen LogP contribution in [0.3, 0.4) is 0 Å². The molecule has 100 valence electrons. The lowest BCUT2D eigenvalue weighted by molar-refractivity contribution is 0.103. The van der Waals surface area contributed by atoms with E-state index < -0.39 is 0 Å². The van der Waals surface area contributed by atoms with Crippen molar-refractivity contribution in [1.82, 2.24) is 4.98 Å². The SMILES string of the molecule is Cc1c(Cl)cccc1C(=O)c1c[nH]c2cccc(C)c12. The first-order valence-electron chi connectivity index (χ1n) is 6.46. The first-order valence-corrected chi connectivity index (χ1v) is 6.84. The van der Waals surface area contributed by atoms with E-state index >= 15 is 0 Å². The second kappa shape index (κ2) is 4.80. The Balaban J connectivity index is 2.21. The highest BCUT2D eigenvalue weighted by Gasteiger charge is 2.17. The molecule has 0 aliphatic heterocycles. The number of hydrogen-bond donors (Lipinski definition) is 1. The molecule has 20 heavy (non-hydrogen) atoms. The van der Waals surface area contributed by atoms with E-state index in [1.54, 1.807) is 12.3 Å². The minimum atomic E-state index is 0.00514. The van der Waals surface area contributed by atoms with Gasteiger partial charge in [0.25, 0.3) is 0 Å². The van der Waals surface area contributed by atoms with Crippen LogP contribution >= 0.6 is 11.6 Å². The molecule has 1 heterocycles. The number of rotatable bonds is 2. The van der Waals surface area contributed by atoms with E-state index in [1.165, 1.54) is 0 Å². The van der Waals surface area contributed by atoms with Gasteiger partial charge in [0.15, 0.2) is 5.78 Å². The summed E-state index contributed by atoms with van der Waals surface area (Å²) in [4.78, 5) is 15.9. The van der Waals surface area contributed by atoms with Crippen LogP contribution in [0.2, 0.25) is 5.02 Å². The van der Waals surface area contributed by atoms with Crippen molar-refractivity contribution in [2.24, 2.45) is 0 Å². The van der Waals surface area contributed by atoms with Gasteiger partial charge in [-0.15, -0.1) is 0 Å². The van der Waals surface area contributed by atoms with Crippen molar-refractivity contribution < 1.29 is 4.79 Å². The van der Waals surface area contributed by atoms with Crippen molar-refractivity contribution in [3.63, 3.8) is 0 Å². The number of aromatic nitrogens is 1. The molecule has 0 atom stereocenters. The monoisotopic (exact) mass is 283 g/mol. The standard InChI is InChI=1S/C17H14ClNO/c1-10-5-3-8-15-16(10)13(9-19-15)17(20)12-6-4-7-14(18)11(12)2/h3-9,19H,1-2H3. The second-order valence-corrected chi connectivity index (χ2v) is 5.35. The third kappa shape index (κ3) is 1.93. The number of carbonyl (C=O) groups is 1. The number of carbonyl (C=O) groups excluding carboxylic acids is 1. The minimum absolute atomic E-state index is 0.00514. The van der Waals surface area contributed by atoms with Crippen LogP contribution in [-0.4, -0.2) is 10.8 Å². The zero-order valence-electron chi connectivity index (χ0n) is 11.3. The molecule has 0 saturated carbocycles. The molecule has 0 saturated heterocycles. The Bertz CT molecular complexity index is 817. The predicted octanol–water partition coefficient (Wildman–Crippen LogP) is 4.67. The van der Waals surface area contributed by atoms with Crippen LogP contribution in [0.15, 0.2) is 42.6 Å². The number of benzene rings is 2. The molecule has 0 aliphatic rings.